The molecule has 0 atom stereocenters. The average molecular weight is 605 g/mol. The van der Waals surface area contributed by atoms with Crippen LogP contribution in [-0.2, 0) is 6.54 Å². The van der Waals surface area contributed by atoms with Crippen molar-refractivity contribution in [3.8, 4) is 33.8 Å². The van der Waals surface area contributed by atoms with Gasteiger partial charge in [-0.25, -0.2) is 9.37 Å². The molecule has 1 aliphatic carbocycles. The van der Waals surface area contributed by atoms with Crippen molar-refractivity contribution >= 4 is 48.8 Å². The van der Waals surface area contributed by atoms with Gasteiger partial charge >= 0.3 is 0 Å². The molecule has 0 spiro atoms. The third-order valence-corrected chi connectivity index (χ3v) is 8.90. The quantitative estimate of drug-likeness (QED) is 0.128. The molecule has 1 saturated carbocycles. The number of rotatable bonds is 9. The summed E-state index contributed by atoms with van der Waals surface area (Å²) >= 11 is 0. The van der Waals surface area contributed by atoms with E-state index in [-0.39, 0.29) is 5.82 Å². The van der Waals surface area contributed by atoms with E-state index in [1.807, 2.05) is 43.0 Å². The Balaban J connectivity index is 1.23. The summed E-state index contributed by atoms with van der Waals surface area (Å²) in [6.45, 7) is 4.70. The minimum atomic E-state index is -1.43. The lowest BCUT2D eigenvalue weighted by Crippen LogP contribution is -2.18. The highest BCUT2D eigenvalue weighted by Crippen LogP contribution is 2.36. The summed E-state index contributed by atoms with van der Waals surface area (Å²) in [6, 6.07) is 13.1. The number of H-pyrrole nitrogens is 2. The number of aromatic amines is 2. The number of fused-ring (bicyclic) bond motifs is 2. The van der Waals surface area contributed by atoms with Crippen LogP contribution in [0.1, 0.15) is 24.8 Å². The van der Waals surface area contributed by atoms with E-state index in [1.165, 1.54) is 31.4 Å². The summed E-state index contributed by atoms with van der Waals surface area (Å²) in [5, 5.41) is 12.8. The Bertz CT molecular complexity index is 2160. The summed E-state index contributed by atoms with van der Waals surface area (Å²) in [5.74, 6) is 8.32. The second-order valence-corrected chi connectivity index (χ2v) is 14.5. The highest BCUT2D eigenvalue weighted by Gasteiger charge is 2.21. The van der Waals surface area contributed by atoms with Gasteiger partial charge < -0.3 is 10.3 Å². The topological polar surface area (TPSA) is 107 Å². The molecule has 44 heavy (non-hydrogen) atoms. The largest absolute Gasteiger partial charge is 0.358 e. The lowest BCUT2D eigenvalue weighted by molar-refractivity contribution is 0.371. The fourth-order valence-corrected chi connectivity index (χ4v) is 6.05. The second-order valence-electron chi connectivity index (χ2n) is 11.7. The molecule has 222 valence electrons. The Morgan fingerprint density at radius 3 is 2.64 bits per heavy atom. The Labute approximate surface area is 255 Å². The number of nitrogens with one attached hydrogen (secondary N) is 4. The number of aromatic nitrogens is 6. The number of anilines is 1. The number of hydrogen-bond donors (Lipinski definition) is 4. The Morgan fingerprint density at radius 2 is 1.84 bits per heavy atom. The molecule has 0 unspecified atom stereocenters. The minimum absolute atomic E-state index is 0.321. The van der Waals surface area contributed by atoms with Gasteiger partial charge in [0.15, 0.2) is 5.65 Å². The first-order valence-electron chi connectivity index (χ1n) is 14.4. The van der Waals surface area contributed by atoms with Crippen LogP contribution in [0, 0.1) is 11.7 Å². The Morgan fingerprint density at radius 1 is 1.00 bits per heavy atom. The van der Waals surface area contributed by atoms with E-state index in [1.54, 1.807) is 6.20 Å². The monoisotopic (exact) mass is 604 g/mol. The lowest BCUT2D eigenvalue weighted by atomic mass is 9.83. The van der Waals surface area contributed by atoms with Gasteiger partial charge in [-0.3, -0.25) is 19.8 Å². The molecule has 6 aromatic rings. The maximum atomic E-state index is 14.7. The van der Waals surface area contributed by atoms with Crippen molar-refractivity contribution in [3.63, 3.8) is 0 Å². The molecule has 0 bridgehead atoms. The zero-order chi connectivity index (χ0) is 30.4. The highest BCUT2D eigenvalue weighted by molar-refractivity contribution is 8.25. The highest BCUT2D eigenvalue weighted by atomic mass is 32.2. The van der Waals surface area contributed by atoms with Gasteiger partial charge in [0.25, 0.3) is 0 Å². The van der Waals surface area contributed by atoms with Crippen molar-refractivity contribution in [2.75, 3.05) is 11.6 Å². The molecule has 0 saturated heterocycles. The molecule has 0 aliphatic heterocycles. The van der Waals surface area contributed by atoms with E-state index in [4.69, 9.17) is 0 Å². The smallest absolute Gasteiger partial charge is 0.181 e. The molecule has 1 aromatic carbocycles. The average Bonchev–Trinajstić information content (AvgIpc) is 3.58. The SMILES string of the molecule is C=C(Nc1cncc(-c2cnc3n[nH]c(-c4cc5c(-c6cc(F)cc(CNS(=C)(=C)C)c6)nccc5[nH]4)c3c2)c1)C1CCC1. The lowest BCUT2D eigenvalue weighted by Gasteiger charge is -2.28. The minimum Gasteiger partial charge on any atom is -0.358 e. The van der Waals surface area contributed by atoms with Crippen molar-refractivity contribution < 1.29 is 4.39 Å². The van der Waals surface area contributed by atoms with E-state index >= 15 is 0 Å². The van der Waals surface area contributed by atoms with Crippen molar-refractivity contribution in [1.29, 1.82) is 0 Å². The first kappa shape index (κ1) is 28.0. The van der Waals surface area contributed by atoms with Gasteiger partial charge in [0.05, 0.1) is 29.0 Å². The Hall–Kier alpha value is -4.80. The molecule has 1 fully saturated rings. The molecule has 7 rings (SSSR count). The number of allylic oxidation sites excluding steroid dienone is 1. The van der Waals surface area contributed by atoms with Crippen LogP contribution in [0.25, 0.3) is 55.7 Å². The van der Waals surface area contributed by atoms with Crippen molar-refractivity contribution in [1.82, 2.24) is 34.9 Å². The van der Waals surface area contributed by atoms with Crippen LogP contribution in [0.3, 0.4) is 0 Å². The van der Waals surface area contributed by atoms with Crippen LogP contribution in [-0.4, -0.2) is 48.1 Å². The van der Waals surface area contributed by atoms with Gasteiger partial charge in [0.1, 0.15) is 5.82 Å². The van der Waals surface area contributed by atoms with Crippen LogP contribution in [0.5, 0.6) is 0 Å². The fraction of sp³-hybridized carbons (Fsp3) is 0.176. The zero-order valence-electron chi connectivity index (χ0n) is 24.5. The van der Waals surface area contributed by atoms with Crippen LogP contribution < -0.4 is 10.0 Å². The second kappa shape index (κ2) is 11.0. The van der Waals surface area contributed by atoms with Crippen LogP contribution >= 0.6 is 9.39 Å². The number of halogens is 1. The zero-order valence-corrected chi connectivity index (χ0v) is 25.3. The molecular formula is C34H33FN8S. The summed E-state index contributed by atoms with van der Waals surface area (Å²) in [5.41, 5.74) is 9.11. The third-order valence-electron chi connectivity index (χ3n) is 8.06. The normalized spacial score (nSPS) is 13.8. The van der Waals surface area contributed by atoms with Gasteiger partial charge in [0.2, 0.25) is 0 Å². The number of nitrogens with zero attached hydrogens (tertiary/aromatic N) is 4. The summed E-state index contributed by atoms with van der Waals surface area (Å²) in [7, 11) is -1.43. The standard InChI is InChI=1S/C34H33FN8S/c1-20(22-6-5-7-22)40-27-13-24(17-36-19-27)25-14-29-33(42-43-34(29)38-18-25)31-15-28-30(41-31)8-9-37-32(28)23-10-21(11-26(35)12-23)16-39-44(2,3)4/h8-15,17-19,22,39-41H,1-3,5-7,16H2,4H3,(H,38,42,43). The predicted octanol–water partition coefficient (Wildman–Crippen LogP) is 7.40. The van der Waals surface area contributed by atoms with Crippen molar-refractivity contribution in [3.05, 3.63) is 90.9 Å². The number of benzene rings is 1. The van der Waals surface area contributed by atoms with E-state index in [0.717, 1.165) is 55.8 Å². The van der Waals surface area contributed by atoms with Gasteiger partial charge in [-0.2, -0.15) is 14.5 Å². The predicted molar refractivity (Wildman–Crippen MR) is 182 cm³/mol. The van der Waals surface area contributed by atoms with Crippen LogP contribution in [0.2, 0.25) is 0 Å². The van der Waals surface area contributed by atoms with E-state index in [0.29, 0.717) is 29.4 Å². The van der Waals surface area contributed by atoms with Crippen molar-refractivity contribution in [2.24, 2.45) is 5.92 Å². The number of hydrogen-bond acceptors (Lipinski definition) is 6. The van der Waals surface area contributed by atoms with E-state index in [2.05, 4.69) is 70.6 Å². The van der Waals surface area contributed by atoms with Crippen LogP contribution in [0.15, 0.2) is 79.5 Å². The fourth-order valence-electron chi connectivity index (χ4n) is 5.54. The molecule has 5 aromatic heterocycles. The first-order chi connectivity index (χ1) is 21.2. The van der Waals surface area contributed by atoms with Gasteiger partial charge in [-0.05, 0) is 73.0 Å². The van der Waals surface area contributed by atoms with Gasteiger partial charge in [0, 0.05) is 63.8 Å². The van der Waals surface area contributed by atoms with Crippen molar-refractivity contribution in [2.45, 2.75) is 25.8 Å². The van der Waals surface area contributed by atoms with Gasteiger partial charge in [-0.15, -0.1) is 0 Å². The summed E-state index contributed by atoms with van der Waals surface area (Å²) < 4.78 is 18.0. The van der Waals surface area contributed by atoms with Crippen LogP contribution in [0.4, 0.5) is 10.1 Å². The Kier molecular flexibility index (Phi) is 7.02. The maximum absolute atomic E-state index is 14.7. The first-order valence-corrected chi connectivity index (χ1v) is 16.8. The molecule has 8 nitrogen and oxygen atoms in total. The molecular weight excluding hydrogens is 571 g/mol. The third kappa shape index (κ3) is 5.61. The molecule has 0 radical (unpaired) electrons. The molecule has 1 aliphatic rings. The maximum Gasteiger partial charge on any atom is 0.181 e. The molecule has 5 heterocycles. The number of pyridine rings is 3. The van der Waals surface area contributed by atoms with E-state index in [9.17, 15) is 4.39 Å². The summed E-state index contributed by atoms with van der Waals surface area (Å²) in [6.07, 6.45) is 12.8. The summed E-state index contributed by atoms with van der Waals surface area (Å²) in [4.78, 5) is 17.2. The molecule has 0 amide bonds. The van der Waals surface area contributed by atoms with E-state index < -0.39 is 9.39 Å². The molecule has 4 N–H and O–H groups in total. The van der Waals surface area contributed by atoms with Gasteiger partial charge in [-0.1, -0.05) is 24.7 Å². The molecule has 10 heteroatoms.